The maximum atomic E-state index is 12.6. The second-order valence-corrected chi connectivity index (χ2v) is 9.59. The summed E-state index contributed by atoms with van der Waals surface area (Å²) in [4.78, 5) is 27.7. The smallest absolute Gasteiger partial charge is 0.253 e. The number of sulfonamides is 1. The lowest BCUT2D eigenvalue weighted by Gasteiger charge is -2.31. The molecule has 0 unspecified atom stereocenters. The summed E-state index contributed by atoms with van der Waals surface area (Å²) in [5, 5.41) is 0. The quantitative estimate of drug-likeness (QED) is 0.744. The lowest BCUT2D eigenvalue weighted by Crippen LogP contribution is -2.47. The van der Waals surface area contributed by atoms with Crippen molar-refractivity contribution in [1.29, 1.82) is 0 Å². The Morgan fingerprint density at radius 2 is 1.57 bits per heavy atom. The molecule has 28 heavy (non-hydrogen) atoms. The van der Waals surface area contributed by atoms with E-state index in [1.807, 2.05) is 7.05 Å². The zero-order valence-corrected chi connectivity index (χ0v) is 17.0. The summed E-state index contributed by atoms with van der Waals surface area (Å²) in [5.41, 5.74) is 6.53. The van der Waals surface area contributed by atoms with Gasteiger partial charge in [0.15, 0.2) is 0 Å². The van der Waals surface area contributed by atoms with E-state index in [9.17, 15) is 18.0 Å². The maximum Gasteiger partial charge on any atom is 0.253 e. The molecule has 0 bridgehead atoms. The molecule has 0 atom stereocenters. The topological polar surface area (TPSA) is 104 Å². The third kappa shape index (κ3) is 4.89. The molecule has 0 saturated carbocycles. The zero-order valence-electron chi connectivity index (χ0n) is 16.2. The number of likely N-dealkylation sites (N-methyl/N-ethyl adjacent to an activating group) is 1. The number of benzene rings is 1. The summed E-state index contributed by atoms with van der Waals surface area (Å²) in [5.74, 6) is -0.629. The number of hydrogen-bond acceptors (Lipinski definition) is 5. The van der Waals surface area contributed by atoms with Crippen molar-refractivity contribution >= 4 is 21.8 Å². The van der Waals surface area contributed by atoms with Crippen molar-refractivity contribution in [3.8, 4) is 0 Å². The molecular formula is C19H28N4O4S. The Morgan fingerprint density at radius 1 is 1.00 bits per heavy atom. The molecule has 2 N–H and O–H groups in total. The van der Waals surface area contributed by atoms with Gasteiger partial charge in [-0.05, 0) is 37.6 Å². The molecule has 2 aliphatic heterocycles. The van der Waals surface area contributed by atoms with Crippen LogP contribution < -0.4 is 5.73 Å². The van der Waals surface area contributed by atoms with Gasteiger partial charge in [-0.15, -0.1) is 0 Å². The van der Waals surface area contributed by atoms with E-state index >= 15 is 0 Å². The van der Waals surface area contributed by atoms with Crippen LogP contribution in [0.3, 0.4) is 0 Å². The van der Waals surface area contributed by atoms with E-state index < -0.39 is 10.0 Å². The summed E-state index contributed by atoms with van der Waals surface area (Å²) in [7, 11) is -1.38. The highest BCUT2D eigenvalue weighted by Gasteiger charge is 2.27. The van der Waals surface area contributed by atoms with Gasteiger partial charge < -0.3 is 15.5 Å². The van der Waals surface area contributed by atoms with Gasteiger partial charge in [-0.1, -0.05) is 12.1 Å². The number of piperidine rings is 1. The molecule has 2 amide bonds. The standard InChI is InChI=1S/C19H28N4O4S/c1-21-10-12-23(13-11-21)28(26,27)14-15-2-4-17(5-3-15)19(25)22-8-6-16(7-9-22)18(20)24/h2-5,16H,6-14H2,1H3,(H2,20,24). The summed E-state index contributed by atoms with van der Waals surface area (Å²) in [6.07, 6.45) is 1.17. The van der Waals surface area contributed by atoms with Gasteiger partial charge in [0.05, 0.1) is 5.75 Å². The Balaban J connectivity index is 1.59. The van der Waals surface area contributed by atoms with Gasteiger partial charge in [-0.25, -0.2) is 8.42 Å². The minimum absolute atomic E-state index is 0.0603. The van der Waals surface area contributed by atoms with Crippen LogP contribution in [-0.2, 0) is 20.6 Å². The molecule has 2 saturated heterocycles. The van der Waals surface area contributed by atoms with Gasteiger partial charge >= 0.3 is 0 Å². The highest BCUT2D eigenvalue weighted by atomic mass is 32.2. The molecule has 0 aliphatic carbocycles. The molecule has 0 aromatic heterocycles. The third-order valence-corrected chi connectivity index (χ3v) is 7.44. The number of primary amides is 1. The molecule has 2 heterocycles. The van der Waals surface area contributed by atoms with Crippen molar-refractivity contribution in [2.75, 3.05) is 46.3 Å². The number of likely N-dealkylation sites (tertiary alicyclic amines) is 1. The lowest BCUT2D eigenvalue weighted by molar-refractivity contribution is -0.123. The van der Waals surface area contributed by atoms with Gasteiger partial charge in [0.1, 0.15) is 0 Å². The summed E-state index contributed by atoms with van der Waals surface area (Å²) in [6.45, 7) is 3.50. The molecule has 0 spiro atoms. The fraction of sp³-hybridized carbons (Fsp3) is 0.579. The molecule has 1 aromatic rings. The van der Waals surface area contributed by atoms with Crippen LogP contribution in [-0.4, -0.2) is 80.7 Å². The molecule has 154 valence electrons. The van der Waals surface area contributed by atoms with Crippen LogP contribution in [0.15, 0.2) is 24.3 Å². The Morgan fingerprint density at radius 3 is 2.11 bits per heavy atom. The number of hydrogen-bond donors (Lipinski definition) is 1. The lowest BCUT2D eigenvalue weighted by atomic mass is 9.96. The van der Waals surface area contributed by atoms with E-state index in [1.165, 1.54) is 4.31 Å². The number of carbonyl (C=O) groups excluding carboxylic acids is 2. The van der Waals surface area contributed by atoms with E-state index in [1.54, 1.807) is 29.2 Å². The van der Waals surface area contributed by atoms with Crippen LogP contribution in [0.2, 0.25) is 0 Å². The summed E-state index contributed by atoms with van der Waals surface area (Å²) < 4.78 is 26.8. The number of amides is 2. The van der Waals surface area contributed by atoms with E-state index in [4.69, 9.17) is 5.73 Å². The van der Waals surface area contributed by atoms with Crippen LogP contribution in [0.25, 0.3) is 0 Å². The zero-order chi connectivity index (χ0) is 20.3. The highest BCUT2D eigenvalue weighted by Crippen LogP contribution is 2.20. The molecular weight excluding hydrogens is 380 g/mol. The first-order valence-electron chi connectivity index (χ1n) is 9.60. The Labute approximate surface area is 166 Å². The van der Waals surface area contributed by atoms with Crippen LogP contribution in [0.5, 0.6) is 0 Å². The van der Waals surface area contributed by atoms with Gasteiger partial charge in [0.2, 0.25) is 15.9 Å². The molecule has 8 nitrogen and oxygen atoms in total. The maximum absolute atomic E-state index is 12.6. The number of nitrogens with two attached hydrogens (primary N) is 1. The second-order valence-electron chi connectivity index (χ2n) is 7.62. The third-order valence-electron chi connectivity index (χ3n) is 5.59. The van der Waals surface area contributed by atoms with Crippen LogP contribution in [0.1, 0.15) is 28.8 Å². The van der Waals surface area contributed by atoms with Crippen LogP contribution >= 0.6 is 0 Å². The second kappa shape index (κ2) is 8.59. The number of piperazine rings is 1. The Bertz CT molecular complexity index is 809. The van der Waals surface area contributed by atoms with Crippen molar-refractivity contribution in [2.24, 2.45) is 11.7 Å². The molecule has 3 rings (SSSR count). The predicted octanol–water partition coefficient (Wildman–Crippen LogP) is 0.101. The highest BCUT2D eigenvalue weighted by molar-refractivity contribution is 7.88. The molecule has 9 heteroatoms. The van der Waals surface area contributed by atoms with Crippen molar-refractivity contribution in [2.45, 2.75) is 18.6 Å². The van der Waals surface area contributed by atoms with Gasteiger partial charge in [-0.3, -0.25) is 9.59 Å². The Kier molecular flexibility index (Phi) is 6.36. The number of nitrogens with zero attached hydrogens (tertiary/aromatic N) is 3. The van der Waals surface area contributed by atoms with E-state index in [0.29, 0.717) is 50.1 Å². The largest absolute Gasteiger partial charge is 0.369 e. The summed E-state index contributed by atoms with van der Waals surface area (Å²) >= 11 is 0. The predicted molar refractivity (Wildman–Crippen MR) is 106 cm³/mol. The van der Waals surface area contributed by atoms with Crippen LogP contribution in [0, 0.1) is 5.92 Å². The minimum Gasteiger partial charge on any atom is -0.369 e. The van der Waals surface area contributed by atoms with Crippen molar-refractivity contribution in [1.82, 2.24) is 14.1 Å². The average Bonchev–Trinajstić information content (AvgIpc) is 2.68. The molecule has 2 aliphatic rings. The van der Waals surface area contributed by atoms with E-state index in [-0.39, 0.29) is 23.5 Å². The Hall–Kier alpha value is -1.97. The van der Waals surface area contributed by atoms with Crippen molar-refractivity contribution in [3.05, 3.63) is 35.4 Å². The SMILES string of the molecule is CN1CCN(S(=O)(=O)Cc2ccc(C(=O)N3CCC(C(N)=O)CC3)cc2)CC1. The first-order chi connectivity index (χ1) is 13.3. The first-order valence-corrected chi connectivity index (χ1v) is 11.2. The van der Waals surface area contributed by atoms with Gasteiger partial charge in [-0.2, -0.15) is 4.31 Å². The molecule has 1 aromatic carbocycles. The van der Waals surface area contributed by atoms with Gasteiger partial charge in [0.25, 0.3) is 5.91 Å². The van der Waals surface area contributed by atoms with Crippen molar-refractivity contribution < 1.29 is 18.0 Å². The minimum atomic E-state index is -3.36. The van der Waals surface area contributed by atoms with Crippen LogP contribution in [0.4, 0.5) is 0 Å². The molecule has 0 radical (unpaired) electrons. The fourth-order valence-corrected chi connectivity index (χ4v) is 5.18. The van der Waals surface area contributed by atoms with E-state index in [2.05, 4.69) is 4.90 Å². The monoisotopic (exact) mass is 408 g/mol. The molecule has 2 fully saturated rings. The van der Waals surface area contributed by atoms with Crippen molar-refractivity contribution in [3.63, 3.8) is 0 Å². The van der Waals surface area contributed by atoms with Gasteiger partial charge in [0, 0.05) is 50.7 Å². The first kappa shape index (κ1) is 20.8. The summed E-state index contributed by atoms with van der Waals surface area (Å²) in [6, 6.07) is 6.77. The fourth-order valence-electron chi connectivity index (χ4n) is 3.66. The number of carbonyl (C=O) groups is 2. The normalized spacial score (nSPS) is 20.2. The average molecular weight is 409 g/mol. The number of rotatable bonds is 5. The van der Waals surface area contributed by atoms with E-state index in [0.717, 1.165) is 13.1 Å².